The van der Waals surface area contributed by atoms with Gasteiger partial charge in [-0.2, -0.15) is 0 Å². The van der Waals surface area contributed by atoms with Gasteiger partial charge < -0.3 is 4.43 Å². The van der Waals surface area contributed by atoms with Gasteiger partial charge in [-0.15, -0.1) is 0 Å². The minimum atomic E-state index is -0.931. The molecule has 0 amide bonds. The summed E-state index contributed by atoms with van der Waals surface area (Å²) < 4.78 is 19.3. The molecule has 0 aliphatic carbocycles. The molecule has 1 radical (unpaired) electrons. The van der Waals surface area contributed by atoms with Crippen molar-refractivity contribution in [3.8, 4) is 5.75 Å². The molecule has 1 aromatic rings. The fourth-order valence-electron chi connectivity index (χ4n) is 1.41. The third-order valence-electron chi connectivity index (χ3n) is 2.08. The van der Waals surface area contributed by atoms with Crippen molar-refractivity contribution in [2.45, 2.75) is 39.3 Å². The first-order valence-electron chi connectivity index (χ1n) is 5.09. The molecule has 0 atom stereocenters. The summed E-state index contributed by atoms with van der Waals surface area (Å²) in [5.74, 6) is 0.178. The first kappa shape index (κ1) is 12.2. The minimum Gasteiger partial charge on any atom is -0.540 e. The van der Waals surface area contributed by atoms with Crippen molar-refractivity contribution in [2.75, 3.05) is 0 Å². The number of rotatable bonds is 2. The second-order valence-corrected chi connectivity index (χ2v) is 6.90. The molecule has 1 rings (SSSR count). The van der Waals surface area contributed by atoms with Crippen molar-refractivity contribution >= 4 is 9.04 Å². The first-order valence-corrected chi connectivity index (χ1v) is 7.50. The highest BCUT2D eigenvalue weighted by molar-refractivity contribution is 6.49. The molecule has 0 unspecified atom stereocenters. The predicted octanol–water partition coefficient (Wildman–Crippen LogP) is 3.75. The van der Waals surface area contributed by atoms with Crippen molar-refractivity contribution in [1.82, 2.24) is 0 Å². The van der Waals surface area contributed by atoms with Crippen LogP contribution >= 0.6 is 0 Å². The first-order chi connectivity index (χ1) is 6.82. The molecule has 0 saturated carbocycles. The lowest BCUT2D eigenvalue weighted by Gasteiger charge is -2.24. The molecular weight excluding hydrogens is 207 g/mol. The van der Waals surface area contributed by atoms with Crippen LogP contribution in [-0.2, 0) is 5.41 Å². The van der Waals surface area contributed by atoms with E-state index in [1.807, 2.05) is 19.2 Å². The largest absolute Gasteiger partial charge is 0.540 e. The van der Waals surface area contributed by atoms with Gasteiger partial charge >= 0.3 is 0 Å². The van der Waals surface area contributed by atoms with Gasteiger partial charge in [-0.25, -0.2) is 4.39 Å². The second kappa shape index (κ2) is 4.35. The van der Waals surface area contributed by atoms with Gasteiger partial charge in [-0.3, -0.25) is 0 Å². The van der Waals surface area contributed by atoms with E-state index in [2.05, 4.69) is 20.8 Å². The Morgan fingerprint density at radius 1 is 1.20 bits per heavy atom. The van der Waals surface area contributed by atoms with Gasteiger partial charge in [0.05, 0.1) is 0 Å². The molecule has 0 heterocycles. The average Bonchev–Trinajstić information content (AvgIpc) is 2.05. The molecule has 0 saturated heterocycles. The minimum absolute atomic E-state index is 0.0885. The second-order valence-electron chi connectivity index (χ2n) is 4.88. The van der Waals surface area contributed by atoms with Crippen molar-refractivity contribution in [3.63, 3.8) is 0 Å². The molecule has 0 spiro atoms. The quantitative estimate of drug-likeness (QED) is 0.696. The summed E-state index contributed by atoms with van der Waals surface area (Å²) in [6.45, 7) is 10.2. The predicted molar refractivity (Wildman–Crippen MR) is 63.2 cm³/mol. The molecule has 1 nitrogen and oxygen atoms in total. The van der Waals surface area contributed by atoms with E-state index in [0.717, 1.165) is 5.56 Å². The Bertz CT molecular complexity index is 342. The maximum Gasteiger partial charge on any atom is 0.274 e. The van der Waals surface area contributed by atoms with Crippen LogP contribution in [0.1, 0.15) is 26.3 Å². The molecule has 3 heteroatoms. The van der Waals surface area contributed by atoms with Crippen molar-refractivity contribution in [2.24, 2.45) is 0 Å². The molecule has 0 aliphatic heterocycles. The zero-order chi connectivity index (χ0) is 11.6. The number of benzene rings is 1. The number of para-hydroxylation sites is 1. The van der Waals surface area contributed by atoms with Gasteiger partial charge in [0.2, 0.25) is 0 Å². The average molecular weight is 225 g/mol. The van der Waals surface area contributed by atoms with E-state index >= 15 is 0 Å². The van der Waals surface area contributed by atoms with E-state index < -0.39 is 9.04 Å². The number of hydrogen-bond donors (Lipinski definition) is 0. The SMILES string of the molecule is C[Si](C)Oc1c(F)cccc1C(C)(C)C. The van der Waals surface area contributed by atoms with Crippen LogP contribution in [-0.4, -0.2) is 9.04 Å². The highest BCUT2D eigenvalue weighted by Crippen LogP contribution is 2.33. The van der Waals surface area contributed by atoms with Gasteiger partial charge in [0.15, 0.2) is 5.82 Å². The summed E-state index contributed by atoms with van der Waals surface area (Å²) >= 11 is 0. The maximum absolute atomic E-state index is 13.6. The fourth-order valence-corrected chi connectivity index (χ4v) is 2.02. The van der Waals surface area contributed by atoms with Gasteiger partial charge in [0, 0.05) is 5.56 Å². The lowest BCUT2D eigenvalue weighted by atomic mass is 9.86. The zero-order valence-corrected chi connectivity index (χ0v) is 11.0. The molecule has 0 fully saturated rings. The van der Waals surface area contributed by atoms with E-state index in [9.17, 15) is 4.39 Å². The van der Waals surface area contributed by atoms with E-state index in [0.29, 0.717) is 5.75 Å². The Morgan fingerprint density at radius 3 is 2.27 bits per heavy atom. The Labute approximate surface area is 93.0 Å². The summed E-state index contributed by atoms with van der Waals surface area (Å²) in [6, 6.07) is 5.12. The maximum atomic E-state index is 13.6. The van der Waals surface area contributed by atoms with E-state index in [1.54, 1.807) is 6.07 Å². The van der Waals surface area contributed by atoms with E-state index in [1.165, 1.54) is 6.07 Å². The lowest BCUT2D eigenvalue weighted by molar-refractivity contribution is 0.475. The normalized spacial score (nSPS) is 11.9. The summed E-state index contributed by atoms with van der Waals surface area (Å²) in [4.78, 5) is 0. The van der Waals surface area contributed by atoms with Crippen molar-refractivity contribution in [1.29, 1.82) is 0 Å². The summed E-state index contributed by atoms with van der Waals surface area (Å²) in [7, 11) is -0.931. The van der Waals surface area contributed by atoms with Crippen LogP contribution in [0, 0.1) is 5.82 Å². The van der Waals surface area contributed by atoms with Gasteiger partial charge in [-0.05, 0) is 24.6 Å². The molecule has 0 aliphatic rings. The van der Waals surface area contributed by atoms with Gasteiger partial charge in [0.1, 0.15) is 5.75 Å². The van der Waals surface area contributed by atoms with Gasteiger partial charge in [0.25, 0.3) is 9.04 Å². The highest BCUT2D eigenvalue weighted by atomic mass is 28.3. The highest BCUT2D eigenvalue weighted by Gasteiger charge is 2.22. The monoisotopic (exact) mass is 225 g/mol. The van der Waals surface area contributed by atoms with Crippen LogP contribution in [0.5, 0.6) is 5.75 Å². The Hall–Kier alpha value is -0.833. The number of halogens is 1. The number of hydrogen-bond acceptors (Lipinski definition) is 1. The third kappa shape index (κ3) is 3.06. The Morgan fingerprint density at radius 2 is 1.80 bits per heavy atom. The third-order valence-corrected chi connectivity index (χ3v) is 2.69. The molecular formula is C12H18FOSi. The summed E-state index contributed by atoms with van der Waals surface area (Å²) in [5.41, 5.74) is 0.850. The van der Waals surface area contributed by atoms with Crippen molar-refractivity contribution in [3.05, 3.63) is 29.6 Å². The lowest BCUT2D eigenvalue weighted by Crippen LogP contribution is -2.19. The molecule has 0 N–H and O–H groups in total. The van der Waals surface area contributed by atoms with Crippen LogP contribution in [0.4, 0.5) is 4.39 Å². The van der Waals surface area contributed by atoms with Crippen LogP contribution in [0.25, 0.3) is 0 Å². The van der Waals surface area contributed by atoms with Crippen LogP contribution in [0.15, 0.2) is 18.2 Å². The van der Waals surface area contributed by atoms with E-state index in [-0.39, 0.29) is 11.2 Å². The smallest absolute Gasteiger partial charge is 0.274 e. The van der Waals surface area contributed by atoms with Crippen LogP contribution in [0.2, 0.25) is 13.1 Å². The molecule has 0 bridgehead atoms. The van der Waals surface area contributed by atoms with Crippen LogP contribution < -0.4 is 4.43 Å². The van der Waals surface area contributed by atoms with E-state index in [4.69, 9.17) is 4.43 Å². The Kier molecular flexibility index (Phi) is 3.55. The fraction of sp³-hybridized carbons (Fsp3) is 0.500. The standard InChI is InChI=1S/C12H18FOSi/c1-12(2,3)9-7-6-8-10(13)11(9)14-15(4)5/h6-8H,1-5H3. The topological polar surface area (TPSA) is 9.23 Å². The summed E-state index contributed by atoms with van der Waals surface area (Å²) in [6.07, 6.45) is 0. The molecule has 15 heavy (non-hydrogen) atoms. The molecule has 1 aromatic carbocycles. The summed E-state index contributed by atoms with van der Waals surface area (Å²) in [5, 5.41) is 0. The molecule has 83 valence electrons. The van der Waals surface area contributed by atoms with Crippen LogP contribution in [0.3, 0.4) is 0 Å². The van der Waals surface area contributed by atoms with Gasteiger partial charge in [-0.1, -0.05) is 32.9 Å². The zero-order valence-electron chi connectivity index (χ0n) is 10.0. The Balaban J connectivity index is 3.21. The molecule has 0 aromatic heterocycles. The van der Waals surface area contributed by atoms with Crippen molar-refractivity contribution < 1.29 is 8.82 Å².